The molecule has 2 aliphatic heterocycles. The van der Waals surface area contributed by atoms with Crippen molar-refractivity contribution in [3.63, 3.8) is 0 Å². The van der Waals surface area contributed by atoms with E-state index in [0.717, 1.165) is 50.4 Å². The number of amides is 1. The summed E-state index contributed by atoms with van der Waals surface area (Å²) in [5, 5.41) is 3.38. The van der Waals surface area contributed by atoms with Crippen molar-refractivity contribution in [3.05, 3.63) is 80.6 Å². The fourth-order valence-electron chi connectivity index (χ4n) is 4.62. The number of nitrogens with zero attached hydrogens (tertiary/aromatic N) is 4. The molecule has 0 saturated carbocycles. The number of anilines is 1. The van der Waals surface area contributed by atoms with Crippen molar-refractivity contribution in [2.24, 2.45) is 0 Å². The smallest absolute Gasteiger partial charge is 0.267 e. The molecule has 1 N–H and O–H groups in total. The van der Waals surface area contributed by atoms with Gasteiger partial charge in [-0.05, 0) is 49.6 Å². The summed E-state index contributed by atoms with van der Waals surface area (Å²) in [4.78, 5) is 36.1. The van der Waals surface area contributed by atoms with Crippen LogP contribution in [-0.4, -0.2) is 75.3 Å². The van der Waals surface area contributed by atoms with Gasteiger partial charge < -0.3 is 10.1 Å². The van der Waals surface area contributed by atoms with Crippen molar-refractivity contribution in [1.82, 2.24) is 19.2 Å². The summed E-state index contributed by atoms with van der Waals surface area (Å²) >= 11 is 6.76. The molecule has 0 bridgehead atoms. The fraction of sp³-hybridized carbons (Fsp3) is 0.357. The molecule has 198 valence electrons. The summed E-state index contributed by atoms with van der Waals surface area (Å²) in [5.74, 6) is 0.309. The highest BCUT2D eigenvalue weighted by Crippen LogP contribution is 2.33. The molecular weight excluding hydrogens is 518 g/mol. The summed E-state index contributed by atoms with van der Waals surface area (Å²) in [6.07, 6.45) is 4.96. The highest BCUT2D eigenvalue weighted by molar-refractivity contribution is 8.26. The first kappa shape index (κ1) is 26.6. The number of hydrogen-bond donors (Lipinski definition) is 1. The van der Waals surface area contributed by atoms with Gasteiger partial charge in [-0.2, -0.15) is 0 Å². The Bertz CT molecular complexity index is 1420. The molecule has 8 nitrogen and oxygen atoms in total. The Kier molecular flexibility index (Phi) is 8.53. The zero-order chi connectivity index (χ0) is 26.5. The SMILES string of the molecule is Cc1cccn2c(=O)c(/C=C3\SC(=S)N(CCc4ccccc4)C3=O)c(NCCCN3CCOCC3)nc12. The average molecular weight is 550 g/mol. The van der Waals surface area contributed by atoms with Gasteiger partial charge in [-0.15, -0.1) is 0 Å². The zero-order valence-corrected chi connectivity index (χ0v) is 23.0. The van der Waals surface area contributed by atoms with E-state index in [4.69, 9.17) is 21.9 Å². The summed E-state index contributed by atoms with van der Waals surface area (Å²) in [7, 11) is 0. The third kappa shape index (κ3) is 5.99. The monoisotopic (exact) mass is 549 g/mol. The fourth-order valence-corrected chi connectivity index (χ4v) is 5.91. The number of benzene rings is 1. The van der Waals surface area contributed by atoms with Crippen molar-refractivity contribution in [1.29, 1.82) is 0 Å². The maximum absolute atomic E-state index is 13.6. The van der Waals surface area contributed by atoms with E-state index < -0.39 is 0 Å². The van der Waals surface area contributed by atoms with Crippen molar-refractivity contribution in [2.45, 2.75) is 19.8 Å². The Labute approximate surface area is 231 Å². The number of thiocarbonyl (C=S) groups is 1. The van der Waals surface area contributed by atoms with Crippen molar-refractivity contribution in [2.75, 3.05) is 51.3 Å². The quantitative estimate of drug-likeness (QED) is 0.247. The highest BCUT2D eigenvalue weighted by Gasteiger charge is 2.32. The van der Waals surface area contributed by atoms with Crippen LogP contribution in [0.5, 0.6) is 0 Å². The molecule has 0 atom stereocenters. The predicted octanol–water partition coefficient (Wildman–Crippen LogP) is 3.58. The maximum atomic E-state index is 13.6. The summed E-state index contributed by atoms with van der Waals surface area (Å²) in [5.41, 5.74) is 2.79. The number of hydrogen-bond acceptors (Lipinski definition) is 8. The van der Waals surface area contributed by atoms with E-state index >= 15 is 0 Å². The number of aryl methyl sites for hydroxylation is 1. The Morgan fingerprint density at radius 2 is 1.89 bits per heavy atom. The van der Waals surface area contributed by atoms with Crippen LogP contribution in [0.15, 0.2) is 58.4 Å². The number of carbonyl (C=O) groups is 1. The highest BCUT2D eigenvalue weighted by atomic mass is 32.2. The standard InChI is InChI=1S/C28H31N5O3S2/c1-20-7-5-13-32-25(20)30-24(29-11-6-12-31-15-17-36-18-16-31)22(26(32)34)19-23-27(35)33(28(37)38-23)14-10-21-8-3-2-4-9-21/h2-5,7-9,13,19,29H,6,10-12,14-18H2,1H3/b23-19-. The van der Waals surface area contributed by atoms with Gasteiger partial charge in [0.05, 0.1) is 23.7 Å². The second-order valence-corrected chi connectivity index (χ2v) is 11.0. The molecule has 1 amide bonds. The molecule has 2 saturated heterocycles. The van der Waals surface area contributed by atoms with Gasteiger partial charge in [0.1, 0.15) is 15.8 Å². The van der Waals surface area contributed by atoms with Crippen LogP contribution in [0.3, 0.4) is 0 Å². The maximum Gasteiger partial charge on any atom is 0.267 e. The minimum atomic E-state index is -0.219. The van der Waals surface area contributed by atoms with Gasteiger partial charge >= 0.3 is 0 Å². The molecule has 38 heavy (non-hydrogen) atoms. The van der Waals surface area contributed by atoms with E-state index in [9.17, 15) is 9.59 Å². The summed E-state index contributed by atoms with van der Waals surface area (Å²) < 4.78 is 7.47. The molecule has 3 aromatic rings. The molecule has 5 rings (SSSR count). The first-order valence-corrected chi connectivity index (χ1v) is 14.1. The lowest BCUT2D eigenvalue weighted by atomic mass is 10.1. The molecular formula is C28H31N5O3S2. The molecule has 0 unspecified atom stereocenters. The van der Waals surface area contributed by atoms with Crippen LogP contribution in [0.4, 0.5) is 5.82 Å². The number of morpholine rings is 1. The van der Waals surface area contributed by atoms with Gasteiger partial charge in [0.2, 0.25) is 0 Å². The van der Waals surface area contributed by atoms with Gasteiger partial charge in [0, 0.05) is 32.4 Å². The number of pyridine rings is 1. The van der Waals surface area contributed by atoms with Crippen LogP contribution in [0, 0.1) is 6.92 Å². The van der Waals surface area contributed by atoms with E-state index in [0.29, 0.717) is 45.8 Å². The average Bonchev–Trinajstić information content (AvgIpc) is 3.20. The van der Waals surface area contributed by atoms with Gasteiger partial charge in [0.15, 0.2) is 0 Å². The minimum Gasteiger partial charge on any atom is -0.379 e. The Morgan fingerprint density at radius 3 is 2.68 bits per heavy atom. The van der Waals surface area contributed by atoms with E-state index in [-0.39, 0.29) is 11.5 Å². The van der Waals surface area contributed by atoms with Crippen molar-refractivity contribution < 1.29 is 9.53 Å². The van der Waals surface area contributed by atoms with E-state index in [1.807, 2.05) is 49.4 Å². The van der Waals surface area contributed by atoms with E-state index in [2.05, 4.69) is 10.2 Å². The molecule has 0 radical (unpaired) electrons. The Balaban J connectivity index is 1.38. The van der Waals surface area contributed by atoms with Crippen LogP contribution in [0.2, 0.25) is 0 Å². The normalized spacial score (nSPS) is 17.6. The first-order chi connectivity index (χ1) is 18.5. The van der Waals surface area contributed by atoms with Gasteiger partial charge in [-0.3, -0.25) is 23.8 Å². The third-order valence-corrected chi connectivity index (χ3v) is 8.13. The predicted molar refractivity (Wildman–Crippen MR) is 157 cm³/mol. The molecule has 2 aliphatic rings. The molecule has 0 aliphatic carbocycles. The number of thioether (sulfide) groups is 1. The molecule has 1 aromatic carbocycles. The van der Waals surface area contributed by atoms with E-state index in [1.54, 1.807) is 17.2 Å². The second kappa shape index (κ2) is 12.2. The van der Waals surface area contributed by atoms with Gasteiger partial charge in [-0.25, -0.2) is 4.98 Å². The Hall–Kier alpha value is -3.05. The van der Waals surface area contributed by atoms with Crippen molar-refractivity contribution in [3.8, 4) is 0 Å². The first-order valence-electron chi connectivity index (χ1n) is 12.9. The lowest BCUT2D eigenvalue weighted by Crippen LogP contribution is -2.37. The number of nitrogens with one attached hydrogen (secondary N) is 1. The molecule has 2 fully saturated rings. The van der Waals surface area contributed by atoms with Gasteiger partial charge in [-0.1, -0.05) is 60.4 Å². The minimum absolute atomic E-state index is 0.178. The topological polar surface area (TPSA) is 79.2 Å². The zero-order valence-electron chi connectivity index (χ0n) is 21.4. The number of aromatic nitrogens is 2. The van der Waals surface area contributed by atoms with Gasteiger partial charge in [0.25, 0.3) is 11.5 Å². The lowest BCUT2D eigenvalue weighted by molar-refractivity contribution is -0.122. The summed E-state index contributed by atoms with van der Waals surface area (Å²) in [6.45, 7) is 7.43. The molecule has 0 spiro atoms. The molecule has 10 heteroatoms. The van der Waals surface area contributed by atoms with Crippen LogP contribution in [0.1, 0.15) is 23.1 Å². The third-order valence-electron chi connectivity index (χ3n) is 6.75. The molecule has 4 heterocycles. The van der Waals surface area contributed by atoms with Crippen LogP contribution < -0.4 is 10.9 Å². The van der Waals surface area contributed by atoms with Crippen LogP contribution in [-0.2, 0) is 16.0 Å². The number of rotatable bonds is 9. The lowest BCUT2D eigenvalue weighted by Gasteiger charge is -2.26. The van der Waals surface area contributed by atoms with Crippen LogP contribution >= 0.6 is 24.0 Å². The van der Waals surface area contributed by atoms with Crippen molar-refractivity contribution >= 4 is 51.7 Å². The number of ether oxygens (including phenoxy) is 1. The second-order valence-electron chi connectivity index (χ2n) is 9.37. The summed E-state index contributed by atoms with van der Waals surface area (Å²) in [6, 6.07) is 13.8. The van der Waals surface area contributed by atoms with Crippen LogP contribution in [0.25, 0.3) is 11.7 Å². The number of fused-ring (bicyclic) bond motifs is 1. The Morgan fingerprint density at radius 1 is 1.11 bits per heavy atom. The number of carbonyl (C=O) groups excluding carboxylic acids is 1. The molecule has 2 aromatic heterocycles. The largest absolute Gasteiger partial charge is 0.379 e. The van der Waals surface area contributed by atoms with E-state index in [1.165, 1.54) is 16.2 Å².